The number of halogens is 2. The van der Waals surface area contributed by atoms with Gasteiger partial charge in [0.05, 0.1) is 0 Å². The van der Waals surface area contributed by atoms with Gasteiger partial charge in [-0.3, -0.25) is 9.59 Å². The minimum absolute atomic E-state index is 0.0601. The fraction of sp³-hybridized carbons (Fsp3) is 0.190. The highest BCUT2D eigenvalue weighted by atomic mass is 35.5. The number of carboxylic acid groups (broad SMARTS) is 1. The molecule has 3 rings (SSSR count). The molecule has 2 aromatic carbocycles. The summed E-state index contributed by atoms with van der Waals surface area (Å²) in [6.07, 6.45) is 1.94. The van der Waals surface area contributed by atoms with Crippen molar-refractivity contribution >= 4 is 35.0 Å². The minimum Gasteiger partial charge on any atom is -0.480 e. The van der Waals surface area contributed by atoms with Crippen LogP contribution in [0.2, 0.25) is 5.02 Å². The molecule has 2 atom stereocenters. The largest absolute Gasteiger partial charge is 0.480 e. The van der Waals surface area contributed by atoms with E-state index < -0.39 is 18.1 Å². The van der Waals surface area contributed by atoms with Crippen LogP contribution in [0.1, 0.15) is 21.7 Å². The highest BCUT2D eigenvalue weighted by Crippen LogP contribution is 2.26. The third-order valence-electron chi connectivity index (χ3n) is 4.53. The molecule has 1 aromatic heterocycles. The lowest BCUT2D eigenvalue weighted by molar-refractivity contribution is -0.138. The third kappa shape index (κ3) is 5.63. The van der Waals surface area contributed by atoms with Crippen LogP contribution in [0, 0.1) is 5.82 Å². The Morgan fingerprint density at radius 2 is 1.93 bits per heavy atom. The highest BCUT2D eigenvalue weighted by molar-refractivity contribution is 7.08. The van der Waals surface area contributed by atoms with Gasteiger partial charge >= 0.3 is 5.97 Å². The predicted molar refractivity (Wildman–Crippen MR) is 114 cm³/mol. The van der Waals surface area contributed by atoms with Crippen molar-refractivity contribution in [3.8, 4) is 11.1 Å². The maximum atomic E-state index is 14.1. The zero-order valence-corrected chi connectivity index (χ0v) is 17.3. The molecule has 156 valence electrons. The molecule has 0 radical (unpaired) electrons. The maximum Gasteiger partial charge on any atom is 0.320 e. The Kier molecular flexibility index (Phi) is 7.15. The molecule has 0 bridgehead atoms. The van der Waals surface area contributed by atoms with Gasteiger partial charge in [0.15, 0.2) is 0 Å². The number of hydrogen-bond acceptors (Lipinski definition) is 5. The average molecular weight is 448 g/mol. The SMILES string of the molecule is N[C@H](C[C@@H](Cc1ccc(-c2cc(Cl)ccc2F)cc1)NC(=O)c1ccns1)C(=O)O. The van der Waals surface area contributed by atoms with Gasteiger partial charge in [-0.2, -0.15) is 0 Å². The lowest BCUT2D eigenvalue weighted by Gasteiger charge is -2.20. The summed E-state index contributed by atoms with van der Waals surface area (Å²) in [4.78, 5) is 24.0. The van der Waals surface area contributed by atoms with E-state index in [1.807, 2.05) is 0 Å². The van der Waals surface area contributed by atoms with Crippen molar-refractivity contribution in [1.29, 1.82) is 0 Å². The maximum absolute atomic E-state index is 14.1. The Labute approximate surface area is 181 Å². The van der Waals surface area contributed by atoms with Gasteiger partial charge in [-0.05, 0) is 59.8 Å². The topological polar surface area (TPSA) is 105 Å². The van der Waals surface area contributed by atoms with Gasteiger partial charge in [-0.25, -0.2) is 8.76 Å². The molecule has 0 fully saturated rings. The molecule has 9 heteroatoms. The van der Waals surface area contributed by atoms with E-state index in [0.29, 0.717) is 27.4 Å². The van der Waals surface area contributed by atoms with Crippen LogP contribution in [-0.2, 0) is 11.2 Å². The molecule has 1 amide bonds. The van der Waals surface area contributed by atoms with Gasteiger partial charge in [0.1, 0.15) is 16.7 Å². The van der Waals surface area contributed by atoms with Gasteiger partial charge in [0.2, 0.25) is 0 Å². The number of carboxylic acids is 1. The van der Waals surface area contributed by atoms with Crippen LogP contribution >= 0.6 is 23.1 Å². The molecule has 0 unspecified atom stereocenters. The van der Waals surface area contributed by atoms with Gasteiger partial charge < -0.3 is 16.2 Å². The molecular formula is C21H19ClFN3O3S. The average Bonchev–Trinajstić information content (AvgIpc) is 3.25. The van der Waals surface area contributed by atoms with Crippen molar-refractivity contribution in [2.24, 2.45) is 5.73 Å². The summed E-state index contributed by atoms with van der Waals surface area (Å²) in [5.41, 5.74) is 7.57. The van der Waals surface area contributed by atoms with Crippen molar-refractivity contribution in [1.82, 2.24) is 9.69 Å². The zero-order valence-electron chi connectivity index (χ0n) is 15.7. The summed E-state index contributed by atoms with van der Waals surface area (Å²) >= 11 is 7.01. The number of aliphatic carboxylic acids is 1. The van der Waals surface area contributed by atoms with Gasteiger partial charge in [-0.1, -0.05) is 35.9 Å². The number of aromatic nitrogens is 1. The fourth-order valence-corrected chi connectivity index (χ4v) is 3.68. The van der Waals surface area contributed by atoms with Gasteiger partial charge in [-0.15, -0.1) is 0 Å². The standard InChI is InChI=1S/C21H19ClFN3O3S/c22-14-5-6-17(23)16(10-14)13-3-1-12(2-4-13)9-15(11-18(24)21(28)29)26-20(27)19-7-8-25-30-19/h1-8,10,15,18H,9,11,24H2,(H,26,27)(H,28,29)/t15-,18-/m1/s1. The first-order chi connectivity index (χ1) is 14.3. The summed E-state index contributed by atoms with van der Waals surface area (Å²) in [6.45, 7) is 0. The molecule has 0 spiro atoms. The van der Waals surface area contributed by atoms with E-state index in [-0.39, 0.29) is 18.1 Å². The number of carbonyl (C=O) groups excluding carboxylic acids is 1. The number of nitrogens with two attached hydrogens (primary N) is 1. The first-order valence-electron chi connectivity index (χ1n) is 9.08. The van der Waals surface area contributed by atoms with Crippen molar-refractivity contribution in [3.05, 3.63) is 76.0 Å². The van der Waals surface area contributed by atoms with E-state index >= 15 is 0 Å². The van der Waals surface area contributed by atoms with E-state index in [4.69, 9.17) is 22.4 Å². The first-order valence-corrected chi connectivity index (χ1v) is 10.2. The monoisotopic (exact) mass is 447 g/mol. The Morgan fingerprint density at radius 1 is 1.20 bits per heavy atom. The summed E-state index contributed by atoms with van der Waals surface area (Å²) < 4.78 is 18.0. The van der Waals surface area contributed by atoms with E-state index in [1.54, 1.807) is 36.4 Å². The lowest BCUT2D eigenvalue weighted by atomic mass is 9.97. The Hall–Kier alpha value is -2.81. The summed E-state index contributed by atoms with van der Waals surface area (Å²) in [7, 11) is 0. The number of benzene rings is 2. The number of hydrogen-bond donors (Lipinski definition) is 3. The number of carbonyl (C=O) groups is 2. The van der Waals surface area contributed by atoms with E-state index in [2.05, 4.69) is 9.69 Å². The Balaban J connectivity index is 1.76. The van der Waals surface area contributed by atoms with Crippen LogP contribution in [0.5, 0.6) is 0 Å². The molecule has 0 aliphatic heterocycles. The first kappa shape index (κ1) is 21.9. The quantitative estimate of drug-likeness (QED) is 0.487. The molecule has 30 heavy (non-hydrogen) atoms. The second-order valence-corrected chi connectivity index (χ2v) is 8.02. The summed E-state index contributed by atoms with van der Waals surface area (Å²) in [6, 6.07) is 11.4. The Bertz CT molecular complexity index is 1030. The predicted octanol–water partition coefficient (Wildman–Crippen LogP) is 3.75. The molecular weight excluding hydrogens is 429 g/mol. The Morgan fingerprint density at radius 3 is 2.57 bits per heavy atom. The fourth-order valence-electron chi connectivity index (χ4n) is 3.01. The van der Waals surface area contributed by atoms with Crippen LogP contribution in [0.25, 0.3) is 11.1 Å². The number of rotatable bonds is 8. The smallest absolute Gasteiger partial charge is 0.320 e. The van der Waals surface area contributed by atoms with E-state index in [0.717, 1.165) is 17.1 Å². The van der Waals surface area contributed by atoms with Crippen LogP contribution in [0.3, 0.4) is 0 Å². The second-order valence-electron chi connectivity index (χ2n) is 6.75. The number of amides is 1. The second kappa shape index (κ2) is 9.80. The molecule has 3 aromatic rings. The molecule has 0 aliphatic carbocycles. The van der Waals surface area contributed by atoms with Crippen LogP contribution in [0.4, 0.5) is 4.39 Å². The molecule has 0 saturated carbocycles. The molecule has 1 heterocycles. The highest BCUT2D eigenvalue weighted by Gasteiger charge is 2.22. The third-order valence-corrected chi connectivity index (χ3v) is 5.51. The van der Waals surface area contributed by atoms with Crippen LogP contribution in [-0.4, -0.2) is 33.4 Å². The molecule has 0 saturated heterocycles. The molecule has 4 N–H and O–H groups in total. The zero-order chi connectivity index (χ0) is 21.7. The van der Waals surface area contributed by atoms with Crippen molar-refractivity contribution in [2.45, 2.75) is 24.9 Å². The van der Waals surface area contributed by atoms with Gasteiger partial charge in [0.25, 0.3) is 5.91 Å². The van der Waals surface area contributed by atoms with Crippen molar-refractivity contribution in [3.63, 3.8) is 0 Å². The lowest BCUT2D eigenvalue weighted by Crippen LogP contribution is -2.43. The van der Waals surface area contributed by atoms with Crippen LogP contribution in [0.15, 0.2) is 54.7 Å². The number of nitrogens with one attached hydrogen (secondary N) is 1. The van der Waals surface area contributed by atoms with Gasteiger partial charge in [0, 0.05) is 22.8 Å². The molecule has 6 nitrogen and oxygen atoms in total. The minimum atomic E-state index is -1.14. The summed E-state index contributed by atoms with van der Waals surface area (Å²) in [5.74, 6) is -1.86. The normalized spacial score (nSPS) is 12.9. The van der Waals surface area contributed by atoms with E-state index in [9.17, 15) is 14.0 Å². The molecule has 0 aliphatic rings. The van der Waals surface area contributed by atoms with Crippen molar-refractivity contribution in [2.75, 3.05) is 0 Å². The summed E-state index contributed by atoms with van der Waals surface area (Å²) in [5, 5.41) is 12.4. The van der Waals surface area contributed by atoms with E-state index in [1.165, 1.54) is 18.3 Å². The van der Waals surface area contributed by atoms with Crippen LogP contribution < -0.4 is 11.1 Å². The number of nitrogens with zero attached hydrogens (tertiary/aromatic N) is 1. The van der Waals surface area contributed by atoms with Crippen molar-refractivity contribution < 1.29 is 19.1 Å².